The van der Waals surface area contributed by atoms with Crippen molar-refractivity contribution in [3.05, 3.63) is 0 Å². The Kier molecular flexibility index (Phi) is 26.7. The Morgan fingerprint density at radius 1 is 0.588 bits per heavy atom. The van der Waals surface area contributed by atoms with E-state index >= 15 is 0 Å². The number of carbonyl (C=O) groups excluding carboxylic acids is 2. The third kappa shape index (κ3) is 21.1. The number of hydrogen-bond acceptors (Lipinski definition) is 35. The number of rotatable bonds is 31. The first-order valence-corrected chi connectivity index (χ1v) is 27.1. The Labute approximate surface area is 455 Å². The van der Waals surface area contributed by atoms with Gasteiger partial charge < -0.3 is 93.9 Å². The molecule has 4 rings (SSSR count). The van der Waals surface area contributed by atoms with Crippen LogP contribution in [-0.2, 0) is 124 Å². The Morgan fingerprint density at radius 2 is 1.02 bits per heavy atom. The third-order valence-corrected chi connectivity index (χ3v) is 12.7. The van der Waals surface area contributed by atoms with Gasteiger partial charge in [-0.3, -0.25) is 27.4 Å². The molecule has 10 unspecified atom stereocenters. The first-order chi connectivity index (χ1) is 37.3. The summed E-state index contributed by atoms with van der Waals surface area (Å²) in [5, 5.41) is 95.4. The molecule has 4 fully saturated rings. The van der Waals surface area contributed by atoms with Crippen LogP contribution in [0.4, 0.5) is 0 Å². The van der Waals surface area contributed by atoms with E-state index in [0.29, 0.717) is 0 Å². The highest BCUT2D eigenvalue weighted by atomic mass is 32.3. The second-order valence-electron chi connectivity index (χ2n) is 16.7. The smallest absolute Gasteiger partial charge is 0.397 e. The largest absolute Gasteiger partial charge is 0.479 e. The van der Waals surface area contributed by atoms with Gasteiger partial charge in [0.2, 0.25) is 11.8 Å². The van der Waals surface area contributed by atoms with Crippen molar-refractivity contribution in [2.24, 2.45) is 16.2 Å². The molecule has 0 aromatic heterocycles. The van der Waals surface area contributed by atoms with Crippen LogP contribution in [0.2, 0.25) is 0 Å². The number of oxime groups is 2. The average molecular weight is 1250 g/mol. The molecule has 4 aliphatic rings. The third-order valence-electron chi connectivity index (χ3n) is 11.0. The monoisotopic (exact) mass is 1250 g/mol. The lowest BCUT2D eigenvalue weighted by Gasteiger charge is -2.48. The van der Waals surface area contributed by atoms with Gasteiger partial charge in [0.05, 0.1) is 45.0 Å². The number of amides is 2. The molecule has 4 heterocycles. The predicted octanol–water partition coefficient (Wildman–Crippen LogP) is -7.49. The molecule has 4 saturated heterocycles. The maximum Gasteiger partial charge on any atom is 0.397 e. The average Bonchev–Trinajstić information content (AvgIpc) is 3.34. The molecule has 13 N–H and O–H groups in total. The van der Waals surface area contributed by atoms with Crippen LogP contribution < -0.4 is 10.6 Å². The van der Waals surface area contributed by atoms with Crippen LogP contribution >= 0.6 is 12.3 Å². The summed E-state index contributed by atoms with van der Waals surface area (Å²) in [6.45, 7) is -1.07. The quantitative estimate of drug-likeness (QED) is 0.00766. The molecule has 41 nitrogen and oxygen atoms in total. The number of carbonyl (C=O) groups is 4. The van der Waals surface area contributed by atoms with Crippen molar-refractivity contribution >= 4 is 79.7 Å². The maximum atomic E-state index is 12.5. The van der Waals surface area contributed by atoms with Crippen LogP contribution in [0, 0.1) is 5.92 Å². The lowest BCUT2D eigenvalue weighted by Crippen LogP contribution is -2.69. The molecule has 0 spiro atoms. The summed E-state index contributed by atoms with van der Waals surface area (Å²) in [4.78, 5) is 58.6. The molecule has 0 aromatic carbocycles. The number of carboxylic acids is 2. The number of aliphatic hydroxyl groups is 5. The summed E-state index contributed by atoms with van der Waals surface area (Å²) in [5.41, 5.74) is 0. The Balaban J connectivity index is 1.44. The number of aliphatic hydroxyl groups excluding tert-OH is 5. The van der Waals surface area contributed by atoms with Gasteiger partial charge in [-0.05, 0) is 0 Å². The van der Waals surface area contributed by atoms with Crippen LogP contribution in [0.3, 0.4) is 0 Å². The molecule has 0 aromatic rings. The summed E-state index contributed by atoms with van der Waals surface area (Å²) < 4.78 is 167. The first kappa shape index (κ1) is 68.6. The van der Waals surface area contributed by atoms with Crippen molar-refractivity contribution in [3.8, 4) is 0 Å². The van der Waals surface area contributed by atoms with Crippen molar-refractivity contribution in [2.75, 3.05) is 39.6 Å². The van der Waals surface area contributed by atoms with Crippen LogP contribution in [-0.4, -0.2) is 272 Å². The SMILES string of the molecule is CC(=O)NC1C(O[C@H]2OC(C(=O)O)[C@H](C)C(O)C2O)[C@H](OS(=O)(=O)O)C(COSOOO)O[C@@H]1OC/C=N/OCCO/N=C/CO[C@@H]1OC(COS(=O)(=O)O)[C@H](OS(=O)(=O)O)[C@H](O[C@@H]2OC(C(=O)O)[C@@H](O)[C@H](O)C2O)C1NC(C)=O. The number of ether oxygens (including phenoxy) is 8. The van der Waals surface area contributed by atoms with Gasteiger partial charge in [0.25, 0.3) is 0 Å². The lowest BCUT2D eigenvalue weighted by atomic mass is 9.90. The molecule has 0 aliphatic carbocycles. The van der Waals surface area contributed by atoms with Gasteiger partial charge in [0, 0.05) is 19.8 Å². The van der Waals surface area contributed by atoms with Crippen molar-refractivity contribution in [1.82, 2.24) is 10.6 Å². The fourth-order valence-corrected chi connectivity index (χ4v) is 9.33. The zero-order valence-corrected chi connectivity index (χ0v) is 44.3. The molecule has 45 heteroatoms. The summed E-state index contributed by atoms with van der Waals surface area (Å²) in [5.74, 6) is -6.53. The number of carboxylic acid groups (broad SMARTS) is 2. The highest BCUT2D eigenvalue weighted by Crippen LogP contribution is 2.35. The van der Waals surface area contributed by atoms with Crippen LogP contribution in [0.15, 0.2) is 10.3 Å². The zero-order chi connectivity index (χ0) is 59.9. The van der Waals surface area contributed by atoms with Gasteiger partial charge in [0.1, 0.15) is 73.1 Å². The highest BCUT2D eigenvalue weighted by Gasteiger charge is 2.57. The Hall–Kier alpha value is -3.90. The molecule has 2 amide bonds. The molecular weight excluding hydrogens is 1200 g/mol. The minimum Gasteiger partial charge on any atom is -0.479 e. The summed E-state index contributed by atoms with van der Waals surface area (Å²) in [6.07, 6.45) is -33.6. The Morgan fingerprint density at radius 3 is 1.44 bits per heavy atom. The number of nitrogens with one attached hydrogen (secondary N) is 2. The second-order valence-corrected chi connectivity index (χ2v) is 20.4. The van der Waals surface area contributed by atoms with E-state index in [0.717, 1.165) is 26.3 Å². The summed E-state index contributed by atoms with van der Waals surface area (Å²) in [7, 11) is -16.4. The van der Waals surface area contributed by atoms with E-state index in [1.165, 1.54) is 6.92 Å². The van der Waals surface area contributed by atoms with Crippen molar-refractivity contribution in [1.29, 1.82) is 0 Å². The van der Waals surface area contributed by atoms with Crippen LogP contribution in [0.1, 0.15) is 20.8 Å². The fourth-order valence-electron chi connectivity index (χ4n) is 7.74. The molecule has 4 aliphatic heterocycles. The van der Waals surface area contributed by atoms with Crippen molar-refractivity contribution in [3.63, 3.8) is 0 Å². The standard InChI is InChI=1S/C35H56N4O37S4/c1-12-19(42)22(45)34(69-24(12)30(47)48)70-27-17(38-13(2)40)32(67-15(10-65-77-76-75-51)25(27)73-79(55,56)57)61-6-4-36-63-8-9-64-37-5-7-62-33-18(39-14(3)41)28(71-35-23(46)20(43)21(44)29(72-35)31(49)50)26(74-80(58,59)60)16(68-33)11-66-78(52,53)54/h4-5,12,15-29,32-35,42-46,51H,6-11H2,1-3H3,(H,38,40)(H,39,41)(H,47,48)(H,49,50)(H,52,53,54)(H,55,56,57)(H,58,59,60)/b36-4+,37-5+/t12-,15?,16?,17?,18?,19?,20+,21+,22?,23?,24?,25-,26+,27?,28-,29?,32+,33-,34-,35-/m1/s1. The van der Waals surface area contributed by atoms with E-state index in [-0.39, 0.29) is 25.5 Å². The van der Waals surface area contributed by atoms with Gasteiger partial charge in [0.15, 0.2) is 62.9 Å². The van der Waals surface area contributed by atoms with Crippen LogP contribution in [0.5, 0.6) is 0 Å². The van der Waals surface area contributed by atoms with Gasteiger partial charge in [-0.2, -0.15) is 25.3 Å². The van der Waals surface area contributed by atoms with E-state index in [2.05, 4.69) is 38.7 Å². The summed E-state index contributed by atoms with van der Waals surface area (Å²) in [6, 6.07) is -3.59. The molecule has 0 saturated carbocycles. The maximum absolute atomic E-state index is 12.5. The number of hydrogen-bond donors (Lipinski definition) is 13. The first-order valence-electron chi connectivity index (χ1n) is 22.4. The lowest BCUT2D eigenvalue weighted by molar-refractivity contribution is -0.434. The number of nitrogens with zero attached hydrogens (tertiary/aromatic N) is 2. The molecule has 80 heavy (non-hydrogen) atoms. The minimum absolute atomic E-state index is 0.0310. The molecular formula is C35H56N4O37S4. The molecule has 0 radical (unpaired) electrons. The van der Waals surface area contributed by atoms with Crippen LogP contribution in [0.25, 0.3) is 0 Å². The minimum atomic E-state index is -5.61. The van der Waals surface area contributed by atoms with E-state index in [9.17, 15) is 93.8 Å². The number of aliphatic carboxylic acids is 2. The summed E-state index contributed by atoms with van der Waals surface area (Å²) >= 11 is -0.0310. The van der Waals surface area contributed by atoms with E-state index in [4.69, 9.17) is 61.2 Å². The predicted molar refractivity (Wildman–Crippen MR) is 244 cm³/mol. The molecule has 462 valence electrons. The normalized spacial score (nSPS) is 35.4. The van der Waals surface area contributed by atoms with Gasteiger partial charge in [-0.15, -0.1) is 4.33 Å². The van der Waals surface area contributed by atoms with E-state index < -0.39 is 204 Å². The highest BCUT2D eigenvalue weighted by molar-refractivity contribution is 7.89. The van der Waals surface area contributed by atoms with Gasteiger partial charge >= 0.3 is 43.1 Å². The zero-order valence-electron chi connectivity index (χ0n) is 41.0. The topological polar surface area (TPSA) is 590 Å². The molecule has 20 atom stereocenters. The van der Waals surface area contributed by atoms with E-state index in [1.54, 1.807) is 0 Å². The van der Waals surface area contributed by atoms with Gasteiger partial charge in [-0.1, -0.05) is 22.3 Å². The van der Waals surface area contributed by atoms with Gasteiger partial charge in [-0.25, -0.2) is 27.4 Å². The van der Waals surface area contributed by atoms with Crippen molar-refractivity contribution in [2.45, 2.75) is 137 Å². The molecule has 0 bridgehead atoms. The second kappa shape index (κ2) is 31.1. The van der Waals surface area contributed by atoms with E-state index in [1.807, 2.05) is 0 Å². The fraction of sp³-hybridized carbons (Fsp3) is 0.829. The van der Waals surface area contributed by atoms with Crippen molar-refractivity contribution < 1.29 is 173 Å². The Bertz CT molecular complexity index is 2430.